The van der Waals surface area contributed by atoms with Gasteiger partial charge in [-0.2, -0.15) is 8.42 Å². The van der Waals surface area contributed by atoms with E-state index in [2.05, 4.69) is 4.18 Å². The van der Waals surface area contributed by atoms with Crippen LogP contribution in [0.4, 0.5) is 8.78 Å². The van der Waals surface area contributed by atoms with Gasteiger partial charge in [-0.1, -0.05) is 18.2 Å². The molecule has 1 rings (SSSR count). The van der Waals surface area contributed by atoms with E-state index >= 15 is 0 Å². The van der Waals surface area contributed by atoms with Crippen molar-refractivity contribution in [2.45, 2.75) is 24.0 Å². The van der Waals surface area contributed by atoms with Crippen LogP contribution in [0.1, 0.15) is 6.92 Å². The topological polar surface area (TPSA) is 86.5 Å². The van der Waals surface area contributed by atoms with E-state index in [0.717, 1.165) is 12.1 Å². The highest BCUT2D eigenvalue weighted by atomic mass is 32.2. The second kappa shape index (κ2) is 4.94. The van der Waals surface area contributed by atoms with Crippen molar-refractivity contribution < 1.29 is 26.3 Å². The average Bonchev–Trinajstić information content (AvgIpc) is 2.29. The molecule has 0 fully saturated rings. The Morgan fingerprint density at radius 1 is 1.33 bits per heavy atom. The predicted molar refractivity (Wildman–Crippen MR) is 56.1 cm³/mol. The molecule has 0 aromatic heterocycles. The van der Waals surface area contributed by atoms with Gasteiger partial charge in [-0.3, -0.25) is 10.1 Å². The van der Waals surface area contributed by atoms with Crippen LogP contribution in [0.2, 0.25) is 0 Å². The Morgan fingerprint density at radius 2 is 1.83 bits per heavy atom. The smallest absolute Gasteiger partial charge is 0.259 e. The molecular formula is C9H9F2NO5S. The summed E-state index contributed by atoms with van der Waals surface area (Å²) >= 11 is 0. The Balaban J connectivity index is 2.95. The third-order valence-corrected chi connectivity index (χ3v) is 3.43. The van der Waals surface area contributed by atoms with Crippen LogP contribution in [0, 0.1) is 10.1 Å². The lowest BCUT2D eigenvalue weighted by Gasteiger charge is -2.15. The predicted octanol–water partition coefficient (Wildman–Crippen LogP) is 1.65. The van der Waals surface area contributed by atoms with E-state index in [4.69, 9.17) is 0 Å². The van der Waals surface area contributed by atoms with Crippen LogP contribution in [0.25, 0.3) is 0 Å². The number of rotatable bonds is 5. The Kier molecular flexibility index (Phi) is 3.97. The summed E-state index contributed by atoms with van der Waals surface area (Å²) in [7, 11) is -4.46. The molecule has 0 aliphatic rings. The zero-order chi connectivity index (χ0) is 14.0. The zero-order valence-electron chi connectivity index (χ0n) is 9.12. The fourth-order valence-corrected chi connectivity index (χ4v) is 2.14. The maximum absolute atomic E-state index is 12.9. The van der Waals surface area contributed by atoms with E-state index in [1.807, 2.05) is 0 Å². The fraction of sp³-hybridized carbons (Fsp3) is 0.333. The summed E-state index contributed by atoms with van der Waals surface area (Å²) in [6, 6.07) is 2.04. The molecule has 0 N–H and O–H groups in total. The Hall–Kier alpha value is -1.61. The highest BCUT2D eigenvalue weighted by molar-refractivity contribution is 7.86. The van der Waals surface area contributed by atoms with Crippen LogP contribution < -0.4 is 0 Å². The standard InChI is InChI=1S/C9H9F2NO5S/c1-7(9(10,11)12(13)14)17-18(15,16)8-5-3-2-4-6-8/h2-7H,1H3/t7-/m1/s1. The number of nitro groups is 1. The van der Waals surface area contributed by atoms with Crippen molar-refractivity contribution >= 4 is 10.1 Å². The largest absolute Gasteiger partial charge is 0.538 e. The molecule has 0 saturated heterocycles. The first-order chi connectivity index (χ1) is 8.18. The maximum atomic E-state index is 12.9. The fourth-order valence-electron chi connectivity index (χ4n) is 1.04. The highest BCUT2D eigenvalue weighted by Gasteiger charge is 2.53. The summed E-state index contributed by atoms with van der Waals surface area (Å²) in [6.45, 7) is 0.614. The van der Waals surface area contributed by atoms with E-state index in [1.165, 1.54) is 18.2 Å². The van der Waals surface area contributed by atoms with Gasteiger partial charge in [-0.15, -0.1) is 8.78 Å². The van der Waals surface area contributed by atoms with Gasteiger partial charge < -0.3 is 0 Å². The van der Waals surface area contributed by atoms with Crippen molar-refractivity contribution in [1.82, 2.24) is 0 Å². The molecule has 0 heterocycles. The SMILES string of the molecule is C[C@@H](OS(=O)(=O)c1ccccc1)C(F)(F)[N+](=O)[O-]. The van der Waals surface area contributed by atoms with Gasteiger partial charge in [0.2, 0.25) is 6.10 Å². The van der Waals surface area contributed by atoms with Crippen LogP contribution in [0.5, 0.6) is 0 Å². The summed E-state index contributed by atoms with van der Waals surface area (Å²) in [6.07, 6.45) is -2.40. The molecule has 100 valence electrons. The molecule has 0 aliphatic heterocycles. The van der Waals surface area contributed by atoms with Crippen molar-refractivity contribution in [2.24, 2.45) is 0 Å². The lowest BCUT2D eigenvalue weighted by atomic mass is 10.4. The van der Waals surface area contributed by atoms with Crippen LogP contribution in [-0.2, 0) is 14.3 Å². The van der Waals surface area contributed by atoms with E-state index in [1.54, 1.807) is 0 Å². The maximum Gasteiger partial charge on any atom is 0.538 e. The van der Waals surface area contributed by atoms with Gasteiger partial charge in [0, 0.05) is 0 Å². The van der Waals surface area contributed by atoms with Gasteiger partial charge in [-0.25, -0.2) is 4.18 Å². The molecule has 18 heavy (non-hydrogen) atoms. The van der Waals surface area contributed by atoms with E-state index in [9.17, 15) is 27.3 Å². The molecule has 1 aromatic rings. The van der Waals surface area contributed by atoms with Crippen molar-refractivity contribution in [1.29, 1.82) is 0 Å². The van der Waals surface area contributed by atoms with Gasteiger partial charge >= 0.3 is 6.05 Å². The summed E-state index contributed by atoms with van der Waals surface area (Å²) in [5, 5.41) is 10.1. The van der Waals surface area contributed by atoms with Gasteiger partial charge in [0.15, 0.2) is 0 Å². The number of benzene rings is 1. The molecular weight excluding hydrogens is 272 g/mol. The lowest BCUT2D eigenvalue weighted by molar-refractivity contribution is -0.654. The summed E-state index contributed by atoms with van der Waals surface area (Å²) in [4.78, 5) is 7.82. The summed E-state index contributed by atoms with van der Waals surface area (Å²) < 4.78 is 53.0. The number of alkyl halides is 2. The normalized spacial score (nSPS) is 14.2. The molecule has 0 unspecified atom stereocenters. The van der Waals surface area contributed by atoms with Gasteiger partial charge in [-0.05, 0) is 19.1 Å². The van der Waals surface area contributed by atoms with Gasteiger partial charge in [0.25, 0.3) is 10.1 Å². The average molecular weight is 281 g/mol. The van der Waals surface area contributed by atoms with E-state index in [0.29, 0.717) is 6.92 Å². The highest BCUT2D eigenvalue weighted by Crippen LogP contribution is 2.25. The molecule has 9 heteroatoms. The number of nitrogens with zero attached hydrogens (tertiary/aromatic N) is 1. The molecule has 6 nitrogen and oxygen atoms in total. The third kappa shape index (κ3) is 2.99. The first-order valence-electron chi connectivity index (χ1n) is 4.68. The quantitative estimate of drug-likeness (QED) is 0.354. The summed E-state index contributed by atoms with van der Waals surface area (Å²) in [5.74, 6) is 0. The second-order valence-electron chi connectivity index (χ2n) is 3.35. The third-order valence-electron chi connectivity index (χ3n) is 2.04. The molecule has 0 saturated carbocycles. The first-order valence-corrected chi connectivity index (χ1v) is 6.09. The van der Waals surface area contributed by atoms with Crippen molar-refractivity contribution in [2.75, 3.05) is 0 Å². The zero-order valence-corrected chi connectivity index (χ0v) is 9.93. The van der Waals surface area contributed by atoms with Crippen LogP contribution in [0.3, 0.4) is 0 Å². The van der Waals surface area contributed by atoms with Crippen LogP contribution >= 0.6 is 0 Å². The number of hydrogen-bond acceptors (Lipinski definition) is 5. The monoisotopic (exact) mass is 281 g/mol. The molecule has 1 aromatic carbocycles. The minimum atomic E-state index is -4.48. The number of halogens is 2. The van der Waals surface area contributed by atoms with Crippen molar-refractivity contribution in [3.8, 4) is 0 Å². The summed E-state index contributed by atoms with van der Waals surface area (Å²) in [5.41, 5.74) is 0. The van der Waals surface area contributed by atoms with Gasteiger partial charge in [0.1, 0.15) is 0 Å². The van der Waals surface area contributed by atoms with Crippen molar-refractivity contribution in [3.05, 3.63) is 40.4 Å². The molecule has 0 spiro atoms. The van der Waals surface area contributed by atoms with E-state index in [-0.39, 0.29) is 4.90 Å². The molecule has 1 atom stereocenters. The van der Waals surface area contributed by atoms with Crippen LogP contribution in [-0.4, -0.2) is 25.5 Å². The Bertz CT molecular complexity index is 531. The molecule has 0 aliphatic carbocycles. The van der Waals surface area contributed by atoms with E-state index < -0.39 is 27.2 Å². The molecule has 0 bridgehead atoms. The van der Waals surface area contributed by atoms with Gasteiger partial charge in [0.05, 0.1) is 9.82 Å². The van der Waals surface area contributed by atoms with Crippen LogP contribution in [0.15, 0.2) is 35.2 Å². The Morgan fingerprint density at radius 3 is 2.28 bits per heavy atom. The molecule has 0 amide bonds. The minimum Gasteiger partial charge on any atom is -0.259 e. The minimum absolute atomic E-state index is 0.351. The molecule has 0 radical (unpaired) electrons. The number of hydrogen-bond donors (Lipinski definition) is 0. The first kappa shape index (κ1) is 14.5. The van der Waals surface area contributed by atoms with Crippen molar-refractivity contribution in [3.63, 3.8) is 0 Å². The second-order valence-corrected chi connectivity index (χ2v) is 4.92. The lowest BCUT2D eigenvalue weighted by Crippen LogP contribution is -2.41. The Labute approximate surface area is 101 Å².